The van der Waals surface area contributed by atoms with Gasteiger partial charge in [0.05, 0.1) is 6.61 Å². The van der Waals surface area contributed by atoms with E-state index in [2.05, 4.69) is 40.2 Å². The van der Waals surface area contributed by atoms with Gasteiger partial charge in [-0.3, -0.25) is 0 Å². The number of thioether (sulfide) groups is 1. The van der Waals surface area contributed by atoms with Crippen LogP contribution in [-0.2, 0) is 5.33 Å². The summed E-state index contributed by atoms with van der Waals surface area (Å²) in [6, 6.07) is 13.3. The van der Waals surface area contributed by atoms with Crippen molar-refractivity contribution in [1.82, 2.24) is 0 Å². The van der Waals surface area contributed by atoms with Gasteiger partial charge in [-0.1, -0.05) is 34.1 Å². The van der Waals surface area contributed by atoms with Crippen molar-refractivity contribution in [1.29, 1.82) is 0 Å². The largest absolute Gasteiger partial charge is 0.493 e. The zero-order valence-electron chi connectivity index (χ0n) is 10.8. The van der Waals surface area contributed by atoms with Crippen molar-refractivity contribution in [3.05, 3.63) is 59.4 Å². The van der Waals surface area contributed by atoms with E-state index in [-0.39, 0.29) is 5.82 Å². The molecule has 0 aromatic heterocycles. The predicted molar refractivity (Wildman–Crippen MR) is 84.4 cm³/mol. The Morgan fingerprint density at radius 1 is 1.25 bits per heavy atom. The van der Waals surface area contributed by atoms with Gasteiger partial charge >= 0.3 is 0 Å². The van der Waals surface area contributed by atoms with E-state index in [1.54, 1.807) is 0 Å². The van der Waals surface area contributed by atoms with Crippen molar-refractivity contribution in [3.63, 3.8) is 0 Å². The maximum atomic E-state index is 13.4. The van der Waals surface area contributed by atoms with Gasteiger partial charge in [-0.25, -0.2) is 4.39 Å². The van der Waals surface area contributed by atoms with E-state index in [1.165, 1.54) is 22.6 Å². The Kier molecular flexibility index (Phi) is 4.32. The van der Waals surface area contributed by atoms with Crippen LogP contribution in [0.1, 0.15) is 17.0 Å². The minimum Gasteiger partial charge on any atom is -0.493 e. The summed E-state index contributed by atoms with van der Waals surface area (Å²) < 4.78 is 19.2. The van der Waals surface area contributed by atoms with E-state index in [9.17, 15) is 4.39 Å². The van der Waals surface area contributed by atoms with Crippen LogP contribution < -0.4 is 4.74 Å². The highest BCUT2D eigenvalue weighted by atomic mass is 79.9. The molecule has 1 heterocycles. The minimum absolute atomic E-state index is 0.252. The summed E-state index contributed by atoms with van der Waals surface area (Å²) in [4.78, 5) is 1.33. The molecular weight excluding hydrogens is 339 g/mol. The van der Waals surface area contributed by atoms with Gasteiger partial charge in [0.1, 0.15) is 11.6 Å². The van der Waals surface area contributed by atoms with Gasteiger partial charge in [0.2, 0.25) is 0 Å². The zero-order valence-corrected chi connectivity index (χ0v) is 13.2. The molecule has 0 bridgehead atoms. The van der Waals surface area contributed by atoms with Gasteiger partial charge in [-0.05, 0) is 29.3 Å². The lowest BCUT2D eigenvalue weighted by atomic mass is 10.0. The molecular formula is C16H14BrFOS. The molecule has 0 spiro atoms. The highest BCUT2D eigenvalue weighted by Crippen LogP contribution is 2.39. The van der Waals surface area contributed by atoms with Crippen LogP contribution in [0.4, 0.5) is 4.39 Å². The molecule has 2 aromatic rings. The highest BCUT2D eigenvalue weighted by Gasteiger charge is 2.23. The van der Waals surface area contributed by atoms with Crippen molar-refractivity contribution >= 4 is 27.7 Å². The lowest BCUT2D eigenvalue weighted by Gasteiger charge is -2.13. The Labute approximate surface area is 130 Å². The van der Waals surface area contributed by atoms with Crippen molar-refractivity contribution in [2.24, 2.45) is 0 Å². The molecule has 4 heteroatoms. The maximum absolute atomic E-state index is 13.4. The van der Waals surface area contributed by atoms with Gasteiger partial charge in [0.25, 0.3) is 0 Å². The molecule has 0 saturated heterocycles. The number of rotatable bonds is 4. The Balaban J connectivity index is 1.70. The number of hydrogen-bond acceptors (Lipinski definition) is 2. The first-order valence-corrected chi connectivity index (χ1v) is 8.57. The van der Waals surface area contributed by atoms with E-state index in [0.717, 1.165) is 11.3 Å². The average Bonchev–Trinajstić information content (AvgIpc) is 2.88. The van der Waals surface area contributed by atoms with Crippen LogP contribution >= 0.6 is 27.7 Å². The summed E-state index contributed by atoms with van der Waals surface area (Å²) in [6.45, 7) is 0.592. The molecule has 0 radical (unpaired) electrons. The van der Waals surface area contributed by atoms with Crippen LogP contribution in [0, 0.1) is 5.82 Å². The van der Waals surface area contributed by atoms with E-state index < -0.39 is 0 Å². The third-order valence-electron chi connectivity index (χ3n) is 3.34. The van der Waals surface area contributed by atoms with Gasteiger partial charge < -0.3 is 4.74 Å². The number of alkyl halides is 1. The third kappa shape index (κ3) is 3.01. The van der Waals surface area contributed by atoms with Crippen LogP contribution in [0.15, 0.2) is 47.4 Å². The Hall–Kier alpha value is -1.00. The highest BCUT2D eigenvalue weighted by molar-refractivity contribution is 9.08. The van der Waals surface area contributed by atoms with E-state index in [4.69, 9.17) is 4.74 Å². The summed E-state index contributed by atoms with van der Waals surface area (Å²) in [6.07, 6.45) is 0. The summed E-state index contributed by atoms with van der Waals surface area (Å²) in [5.74, 6) is 1.76. The minimum atomic E-state index is -0.252. The topological polar surface area (TPSA) is 9.23 Å². The summed E-state index contributed by atoms with van der Waals surface area (Å²) in [5.41, 5.74) is 2.23. The molecule has 3 rings (SSSR count). The fraction of sp³-hybridized carbons (Fsp3) is 0.250. The van der Waals surface area contributed by atoms with Gasteiger partial charge in [-0.2, -0.15) is 0 Å². The summed E-state index contributed by atoms with van der Waals surface area (Å²) >= 11 is 5.20. The molecule has 1 atom stereocenters. The molecule has 2 aromatic carbocycles. The molecule has 1 nitrogen and oxygen atoms in total. The lowest BCUT2D eigenvalue weighted by molar-refractivity contribution is 0.296. The third-order valence-corrected chi connectivity index (χ3v) is 5.23. The normalized spacial score (nSPS) is 17.0. The summed E-state index contributed by atoms with van der Waals surface area (Å²) in [5, 5.41) is 0.628. The Bertz CT molecular complexity index is 617. The van der Waals surface area contributed by atoms with E-state index >= 15 is 0 Å². The first-order chi connectivity index (χ1) is 9.76. The Morgan fingerprint density at radius 2 is 2.10 bits per heavy atom. The second-order valence-electron chi connectivity index (χ2n) is 4.79. The fourth-order valence-electron chi connectivity index (χ4n) is 2.35. The van der Waals surface area contributed by atoms with Crippen molar-refractivity contribution in [2.75, 3.05) is 12.4 Å². The molecule has 0 amide bonds. The molecule has 1 aliphatic rings. The van der Waals surface area contributed by atoms with Crippen LogP contribution in [0.25, 0.3) is 0 Å². The van der Waals surface area contributed by atoms with Gasteiger partial charge in [-0.15, -0.1) is 11.8 Å². The van der Waals surface area contributed by atoms with Gasteiger partial charge in [0.15, 0.2) is 0 Å². The van der Waals surface area contributed by atoms with Crippen molar-refractivity contribution < 1.29 is 9.13 Å². The molecule has 0 fully saturated rings. The number of fused-ring (bicyclic) bond motifs is 1. The number of hydrogen-bond donors (Lipinski definition) is 0. The van der Waals surface area contributed by atoms with Crippen LogP contribution in [0.3, 0.4) is 0 Å². The second kappa shape index (κ2) is 6.19. The van der Waals surface area contributed by atoms with Crippen LogP contribution in [-0.4, -0.2) is 12.4 Å². The molecule has 1 aliphatic heterocycles. The van der Waals surface area contributed by atoms with Crippen molar-refractivity contribution in [3.8, 4) is 5.75 Å². The number of benzene rings is 2. The smallest absolute Gasteiger partial charge is 0.127 e. The second-order valence-corrected chi connectivity index (χ2v) is 6.41. The van der Waals surface area contributed by atoms with E-state index in [0.29, 0.717) is 23.6 Å². The number of halogens is 2. The summed E-state index contributed by atoms with van der Waals surface area (Å²) in [7, 11) is 0. The standard InChI is InChI=1S/C16H14BrFOS/c17-8-11-5-13(18)7-14(6-11)19-9-12-10-20-16-4-2-1-3-15(12)16/h1-7,12H,8-10H2. The fourth-order valence-corrected chi connectivity index (χ4v) is 3.90. The molecule has 0 aliphatic carbocycles. The monoisotopic (exact) mass is 352 g/mol. The lowest BCUT2D eigenvalue weighted by Crippen LogP contribution is -2.10. The maximum Gasteiger partial charge on any atom is 0.127 e. The SMILES string of the molecule is Fc1cc(CBr)cc(OCC2CSc3ccccc32)c1. The Morgan fingerprint density at radius 3 is 2.95 bits per heavy atom. The van der Waals surface area contributed by atoms with Crippen LogP contribution in [0.2, 0.25) is 0 Å². The molecule has 0 N–H and O–H groups in total. The molecule has 20 heavy (non-hydrogen) atoms. The van der Waals surface area contributed by atoms with Crippen molar-refractivity contribution in [2.45, 2.75) is 16.1 Å². The molecule has 104 valence electrons. The molecule has 1 unspecified atom stereocenters. The zero-order chi connectivity index (χ0) is 13.9. The van der Waals surface area contributed by atoms with E-state index in [1.807, 2.05) is 17.8 Å². The average molecular weight is 353 g/mol. The van der Waals surface area contributed by atoms with Gasteiger partial charge in [0, 0.05) is 28.0 Å². The molecule has 0 saturated carbocycles. The quantitative estimate of drug-likeness (QED) is 0.717. The predicted octanol–water partition coefficient (Wildman–Crippen LogP) is 4.99. The van der Waals surface area contributed by atoms with Crippen LogP contribution in [0.5, 0.6) is 5.75 Å². The number of ether oxygens (including phenoxy) is 1. The first-order valence-electron chi connectivity index (χ1n) is 6.46. The first kappa shape index (κ1) is 14.0.